The van der Waals surface area contributed by atoms with Crippen LogP contribution in [0.2, 0.25) is 0 Å². The molecule has 0 bridgehead atoms. The summed E-state index contributed by atoms with van der Waals surface area (Å²) in [6, 6.07) is 6.00. The number of ether oxygens (including phenoxy) is 1. The predicted octanol–water partition coefficient (Wildman–Crippen LogP) is 2.66. The number of nitrogens with one attached hydrogen (secondary N) is 1. The predicted molar refractivity (Wildman–Crippen MR) is 83.2 cm³/mol. The van der Waals surface area contributed by atoms with E-state index in [0.29, 0.717) is 24.1 Å². The second-order valence-electron chi connectivity index (χ2n) is 6.21. The molecule has 0 unspecified atom stereocenters. The van der Waals surface area contributed by atoms with E-state index in [1.54, 1.807) is 12.1 Å². The zero-order valence-electron chi connectivity index (χ0n) is 12.8. The molecule has 3 rings (SSSR count). The Kier molecular flexibility index (Phi) is 5.05. The van der Waals surface area contributed by atoms with Crippen molar-refractivity contribution in [3.8, 4) is 0 Å². The summed E-state index contributed by atoms with van der Waals surface area (Å²) in [5.74, 6) is 0.221. The summed E-state index contributed by atoms with van der Waals surface area (Å²) in [5, 5.41) is 2.75. The summed E-state index contributed by atoms with van der Waals surface area (Å²) in [6.45, 7) is 3.67. The Hall–Kier alpha value is -1.46. The van der Waals surface area contributed by atoms with Gasteiger partial charge < -0.3 is 15.0 Å². The van der Waals surface area contributed by atoms with Gasteiger partial charge >= 0.3 is 0 Å². The lowest BCUT2D eigenvalue weighted by atomic mass is 9.88. The maximum absolute atomic E-state index is 13.1. The highest BCUT2D eigenvalue weighted by atomic mass is 19.1. The summed E-state index contributed by atoms with van der Waals surface area (Å²) in [7, 11) is 0. The Morgan fingerprint density at radius 3 is 3.18 bits per heavy atom. The normalized spacial score (nSPS) is 25.5. The number of piperidine rings is 1. The van der Waals surface area contributed by atoms with Crippen molar-refractivity contribution in [1.82, 2.24) is 4.90 Å². The number of hydrogen-bond donors (Lipinski definition) is 1. The third-order valence-electron chi connectivity index (χ3n) is 4.56. The average Bonchev–Trinajstić information content (AvgIpc) is 2.53. The minimum Gasteiger partial charge on any atom is -0.378 e. The first-order chi connectivity index (χ1) is 10.7. The van der Waals surface area contributed by atoms with Gasteiger partial charge in [-0.05, 0) is 43.4 Å². The lowest BCUT2D eigenvalue weighted by molar-refractivity contribution is -0.117. The summed E-state index contributed by atoms with van der Waals surface area (Å²) in [4.78, 5) is 14.3. The summed E-state index contributed by atoms with van der Waals surface area (Å²) in [5.41, 5.74) is 0.518. The van der Waals surface area contributed by atoms with Crippen molar-refractivity contribution in [2.45, 2.75) is 31.8 Å². The lowest BCUT2D eigenvalue weighted by Gasteiger charge is -2.41. The van der Waals surface area contributed by atoms with Gasteiger partial charge in [-0.1, -0.05) is 6.07 Å². The molecular weight excluding hydrogens is 283 g/mol. The molecular formula is C17H23FN2O2. The Morgan fingerprint density at radius 2 is 2.32 bits per heavy atom. The van der Waals surface area contributed by atoms with Gasteiger partial charge in [-0.3, -0.25) is 4.79 Å². The highest BCUT2D eigenvalue weighted by Crippen LogP contribution is 2.28. The van der Waals surface area contributed by atoms with E-state index >= 15 is 0 Å². The zero-order chi connectivity index (χ0) is 15.4. The fraction of sp³-hybridized carbons (Fsp3) is 0.588. The van der Waals surface area contributed by atoms with Crippen LogP contribution in [0.3, 0.4) is 0 Å². The number of benzene rings is 1. The van der Waals surface area contributed by atoms with Gasteiger partial charge in [-0.15, -0.1) is 0 Å². The standard InChI is InChI=1S/C17H23FN2O2/c18-14-4-1-5-15(11-14)19-17(21)7-9-20-8-6-16-13(12-20)3-2-10-22-16/h1,4-5,11,13,16H,2-3,6-10,12H2,(H,19,21)/t13-,16+/m1/s1. The third kappa shape index (κ3) is 4.05. The van der Waals surface area contributed by atoms with E-state index in [4.69, 9.17) is 4.74 Å². The number of likely N-dealkylation sites (tertiary alicyclic amines) is 1. The van der Waals surface area contributed by atoms with Crippen molar-refractivity contribution >= 4 is 11.6 Å². The second-order valence-corrected chi connectivity index (χ2v) is 6.21. The number of amides is 1. The average molecular weight is 306 g/mol. The van der Waals surface area contributed by atoms with Crippen molar-refractivity contribution in [3.63, 3.8) is 0 Å². The number of rotatable bonds is 4. The van der Waals surface area contributed by atoms with Crippen LogP contribution in [0.15, 0.2) is 24.3 Å². The SMILES string of the molecule is O=C(CCN1CC[C@@H]2OCCC[C@@H]2C1)Nc1cccc(F)c1. The van der Waals surface area contributed by atoms with Crippen molar-refractivity contribution in [2.75, 3.05) is 31.6 Å². The molecule has 22 heavy (non-hydrogen) atoms. The Bertz CT molecular complexity index is 523. The number of hydrogen-bond acceptors (Lipinski definition) is 3. The van der Waals surface area contributed by atoms with E-state index in [0.717, 1.165) is 39.1 Å². The number of carbonyl (C=O) groups is 1. The quantitative estimate of drug-likeness (QED) is 0.930. The molecule has 1 aromatic rings. The topological polar surface area (TPSA) is 41.6 Å². The zero-order valence-corrected chi connectivity index (χ0v) is 12.8. The number of nitrogens with zero attached hydrogens (tertiary/aromatic N) is 1. The Labute approximate surface area is 130 Å². The molecule has 2 fully saturated rings. The van der Waals surface area contributed by atoms with Crippen LogP contribution in [0.4, 0.5) is 10.1 Å². The monoisotopic (exact) mass is 306 g/mol. The third-order valence-corrected chi connectivity index (χ3v) is 4.56. The maximum atomic E-state index is 13.1. The van der Waals surface area contributed by atoms with Gasteiger partial charge in [0, 0.05) is 38.3 Å². The van der Waals surface area contributed by atoms with Crippen LogP contribution in [-0.4, -0.2) is 43.2 Å². The smallest absolute Gasteiger partial charge is 0.225 e. The van der Waals surface area contributed by atoms with Crippen LogP contribution in [-0.2, 0) is 9.53 Å². The van der Waals surface area contributed by atoms with Crippen molar-refractivity contribution in [2.24, 2.45) is 5.92 Å². The van der Waals surface area contributed by atoms with E-state index in [-0.39, 0.29) is 11.7 Å². The van der Waals surface area contributed by atoms with E-state index in [1.165, 1.54) is 18.6 Å². The van der Waals surface area contributed by atoms with Gasteiger partial charge in [0.05, 0.1) is 6.10 Å². The van der Waals surface area contributed by atoms with Gasteiger partial charge in [0.1, 0.15) is 5.82 Å². The van der Waals surface area contributed by atoms with Crippen LogP contribution in [0.1, 0.15) is 25.7 Å². The van der Waals surface area contributed by atoms with E-state index in [2.05, 4.69) is 10.2 Å². The highest BCUT2D eigenvalue weighted by molar-refractivity contribution is 5.90. The molecule has 0 radical (unpaired) electrons. The van der Waals surface area contributed by atoms with Crippen LogP contribution in [0, 0.1) is 11.7 Å². The van der Waals surface area contributed by atoms with Crippen molar-refractivity contribution in [1.29, 1.82) is 0 Å². The number of fused-ring (bicyclic) bond motifs is 1. The minimum atomic E-state index is -0.336. The molecule has 2 aliphatic heterocycles. The molecule has 2 atom stereocenters. The van der Waals surface area contributed by atoms with Crippen LogP contribution in [0.25, 0.3) is 0 Å². The minimum absolute atomic E-state index is 0.0624. The summed E-state index contributed by atoms with van der Waals surface area (Å²) >= 11 is 0. The molecule has 4 nitrogen and oxygen atoms in total. The van der Waals surface area contributed by atoms with Crippen LogP contribution in [0.5, 0.6) is 0 Å². The van der Waals surface area contributed by atoms with Gasteiger partial charge in [0.15, 0.2) is 0 Å². The van der Waals surface area contributed by atoms with Gasteiger partial charge in [-0.2, -0.15) is 0 Å². The molecule has 0 aliphatic carbocycles. The maximum Gasteiger partial charge on any atom is 0.225 e. The first-order valence-electron chi connectivity index (χ1n) is 8.10. The summed E-state index contributed by atoms with van der Waals surface area (Å²) < 4.78 is 18.9. The molecule has 0 spiro atoms. The molecule has 0 saturated carbocycles. The molecule has 2 aliphatic rings. The van der Waals surface area contributed by atoms with Crippen molar-refractivity contribution in [3.05, 3.63) is 30.1 Å². The fourth-order valence-corrected chi connectivity index (χ4v) is 3.42. The highest BCUT2D eigenvalue weighted by Gasteiger charge is 2.31. The van der Waals surface area contributed by atoms with E-state index in [9.17, 15) is 9.18 Å². The molecule has 1 aromatic carbocycles. The molecule has 2 saturated heterocycles. The van der Waals surface area contributed by atoms with Crippen LogP contribution < -0.4 is 5.32 Å². The number of halogens is 1. The molecule has 120 valence electrons. The van der Waals surface area contributed by atoms with Gasteiger partial charge in [-0.25, -0.2) is 4.39 Å². The summed E-state index contributed by atoms with van der Waals surface area (Å²) in [6.07, 6.45) is 4.31. The Morgan fingerprint density at radius 1 is 1.41 bits per heavy atom. The first kappa shape index (κ1) is 15.4. The molecule has 5 heteroatoms. The molecule has 1 N–H and O–H groups in total. The lowest BCUT2D eigenvalue weighted by Crippen LogP contribution is -2.46. The van der Waals surface area contributed by atoms with Crippen LogP contribution >= 0.6 is 0 Å². The van der Waals surface area contributed by atoms with Gasteiger partial charge in [0.25, 0.3) is 0 Å². The largest absolute Gasteiger partial charge is 0.378 e. The number of anilines is 1. The Balaban J connectivity index is 1.43. The van der Waals surface area contributed by atoms with E-state index in [1.807, 2.05) is 0 Å². The fourth-order valence-electron chi connectivity index (χ4n) is 3.42. The van der Waals surface area contributed by atoms with Crippen molar-refractivity contribution < 1.29 is 13.9 Å². The molecule has 1 amide bonds. The second kappa shape index (κ2) is 7.20. The van der Waals surface area contributed by atoms with Gasteiger partial charge in [0.2, 0.25) is 5.91 Å². The molecule has 0 aromatic heterocycles. The molecule has 2 heterocycles. The first-order valence-corrected chi connectivity index (χ1v) is 8.10. The van der Waals surface area contributed by atoms with E-state index < -0.39 is 0 Å². The number of carbonyl (C=O) groups excluding carboxylic acids is 1.